The number of nitrogens with one attached hydrogen (secondary N) is 1. The lowest BCUT2D eigenvalue weighted by Gasteiger charge is -2.22. The Labute approximate surface area is 88.1 Å². The van der Waals surface area contributed by atoms with Gasteiger partial charge in [-0.3, -0.25) is 9.48 Å². The number of rotatable bonds is 0. The first-order valence-corrected chi connectivity index (χ1v) is 5.31. The molecule has 0 aliphatic carbocycles. The zero-order valence-corrected chi connectivity index (χ0v) is 8.79. The number of carbonyl (C=O) groups is 1. The van der Waals surface area contributed by atoms with Gasteiger partial charge in [-0.1, -0.05) is 0 Å². The third-order valence-electron chi connectivity index (χ3n) is 3.12. The maximum absolute atomic E-state index is 11.7. The second-order valence-electron chi connectivity index (χ2n) is 4.24. The van der Waals surface area contributed by atoms with Gasteiger partial charge in [0.2, 0.25) is 0 Å². The Morgan fingerprint density at radius 2 is 2.27 bits per heavy atom. The second kappa shape index (κ2) is 3.06. The fraction of sp³-hybridized carbons (Fsp3) is 0.600. The smallest absolute Gasteiger partial charge is 0.269 e. The highest BCUT2D eigenvalue weighted by atomic mass is 16.2. The molecule has 5 heteroatoms. The molecule has 1 aromatic rings. The highest BCUT2D eigenvalue weighted by molar-refractivity contribution is 5.94. The number of aromatic nitrogens is 2. The molecule has 1 amide bonds. The van der Waals surface area contributed by atoms with E-state index in [9.17, 15) is 4.79 Å². The first-order valence-electron chi connectivity index (χ1n) is 5.31. The van der Waals surface area contributed by atoms with Crippen LogP contribution in [0.2, 0.25) is 0 Å². The molecule has 3 heterocycles. The molecule has 0 saturated heterocycles. The van der Waals surface area contributed by atoms with Gasteiger partial charge in [0.25, 0.3) is 5.91 Å². The fourth-order valence-electron chi connectivity index (χ4n) is 2.34. The number of amides is 1. The van der Waals surface area contributed by atoms with Gasteiger partial charge < -0.3 is 10.2 Å². The number of likely N-dealkylation sites (N-methyl/N-ethyl adjacent to an activating group) is 1. The van der Waals surface area contributed by atoms with Crippen LogP contribution in [0.4, 0.5) is 0 Å². The molecule has 1 N–H and O–H groups in total. The average molecular weight is 206 g/mol. The van der Waals surface area contributed by atoms with Gasteiger partial charge >= 0.3 is 0 Å². The molecule has 0 fully saturated rings. The van der Waals surface area contributed by atoms with Crippen molar-refractivity contribution in [3.05, 3.63) is 17.0 Å². The van der Waals surface area contributed by atoms with Crippen LogP contribution >= 0.6 is 0 Å². The molecule has 0 atom stereocenters. The summed E-state index contributed by atoms with van der Waals surface area (Å²) >= 11 is 0. The van der Waals surface area contributed by atoms with Gasteiger partial charge in [-0.2, -0.15) is 5.10 Å². The quantitative estimate of drug-likeness (QED) is 0.629. The number of hydrogen-bond donors (Lipinski definition) is 1. The van der Waals surface area contributed by atoms with Gasteiger partial charge in [0.15, 0.2) is 0 Å². The van der Waals surface area contributed by atoms with Crippen LogP contribution in [-0.4, -0.2) is 40.7 Å². The minimum absolute atomic E-state index is 0.0327. The Hall–Kier alpha value is -1.36. The van der Waals surface area contributed by atoms with E-state index in [-0.39, 0.29) is 5.91 Å². The van der Waals surface area contributed by atoms with Crippen LogP contribution in [0.15, 0.2) is 0 Å². The van der Waals surface area contributed by atoms with Crippen molar-refractivity contribution in [2.24, 2.45) is 0 Å². The van der Waals surface area contributed by atoms with Crippen molar-refractivity contribution in [2.75, 3.05) is 20.1 Å². The summed E-state index contributed by atoms with van der Waals surface area (Å²) in [7, 11) is 2.08. The third-order valence-corrected chi connectivity index (χ3v) is 3.12. The van der Waals surface area contributed by atoms with Gasteiger partial charge in [0.1, 0.15) is 5.69 Å². The Morgan fingerprint density at radius 3 is 3.13 bits per heavy atom. The van der Waals surface area contributed by atoms with E-state index >= 15 is 0 Å². The number of carbonyl (C=O) groups excluding carboxylic acids is 1. The molecular formula is C10H14N4O. The molecule has 0 saturated carbocycles. The molecule has 0 bridgehead atoms. The van der Waals surface area contributed by atoms with E-state index in [2.05, 4.69) is 22.4 Å². The largest absolute Gasteiger partial charge is 0.349 e. The van der Waals surface area contributed by atoms with Crippen LogP contribution in [0.5, 0.6) is 0 Å². The van der Waals surface area contributed by atoms with E-state index in [0.29, 0.717) is 6.54 Å². The molecule has 1 aromatic heterocycles. The van der Waals surface area contributed by atoms with Crippen molar-refractivity contribution < 1.29 is 4.79 Å². The molecule has 0 radical (unpaired) electrons. The normalized spacial score (nSPS) is 20.7. The van der Waals surface area contributed by atoms with Gasteiger partial charge in [0, 0.05) is 31.6 Å². The molecule has 2 aliphatic rings. The van der Waals surface area contributed by atoms with E-state index in [1.54, 1.807) is 0 Å². The Morgan fingerprint density at radius 1 is 1.40 bits per heavy atom. The standard InChI is InChI=1S/C10H14N4O/c1-13-4-2-8-7(6-13)9-10(15)11-3-5-14(9)12-8/h2-6H2,1H3,(H,11,15). The van der Waals surface area contributed by atoms with Gasteiger partial charge in [-0.25, -0.2) is 0 Å². The van der Waals surface area contributed by atoms with E-state index in [4.69, 9.17) is 0 Å². The summed E-state index contributed by atoms with van der Waals surface area (Å²) in [6.07, 6.45) is 0.957. The van der Waals surface area contributed by atoms with Gasteiger partial charge in [0.05, 0.1) is 12.2 Å². The maximum atomic E-state index is 11.7. The lowest BCUT2D eigenvalue weighted by atomic mass is 10.1. The lowest BCUT2D eigenvalue weighted by Crippen LogP contribution is -2.36. The summed E-state index contributed by atoms with van der Waals surface area (Å²) in [5.41, 5.74) is 3.02. The Bertz CT molecular complexity index is 423. The van der Waals surface area contributed by atoms with E-state index in [0.717, 1.165) is 43.0 Å². The van der Waals surface area contributed by atoms with Crippen molar-refractivity contribution in [1.29, 1.82) is 0 Å². The molecule has 80 valence electrons. The summed E-state index contributed by atoms with van der Waals surface area (Å²) in [6.45, 7) is 3.38. The third kappa shape index (κ3) is 1.26. The summed E-state index contributed by atoms with van der Waals surface area (Å²) < 4.78 is 1.86. The predicted octanol–water partition coefficient (Wildman–Crippen LogP) is -0.386. The summed E-state index contributed by atoms with van der Waals surface area (Å²) in [5, 5.41) is 7.38. The van der Waals surface area contributed by atoms with E-state index in [1.165, 1.54) is 0 Å². The van der Waals surface area contributed by atoms with Crippen molar-refractivity contribution in [2.45, 2.75) is 19.5 Å². The number of hydrogen-bond acceptors (Lipinski definition) is 3. The Kier molecular flexibility index (Phi) is 1.82. The van der Waals surface area contributed by atoms with Crippen LogP contribution in [0.1, 0.15) is 21.7 Å². The topological polar surface area (TPSA) is 50.2 Å². The van der Waals surface area contributed by atoms with Crippen LogP contribution in [-0.2, 0) is 19.5 Å². The van der Waals surface area contributed by atoms with Crippen LogP contribution in [0.25, 0.3) is 0 Å². The maximum Gasteiger partial charge on any atom is 0.269 e. The number of fused-ring (bicyclic) bond motifs is 3. The lowest BCUT2D eigenvalue weighted by molar-refractivity contribution is 0.0922. The molecule has 15 heavy (non-hydrogen) atoms. The van der Waals surface area contributed by atoms with Crippen molar-refractivity contribution in [1.82, 2.24) is 20.0 Å². The van der Waals surface area contributed by atoms with Crippen LogP contribution < -0.4 is 5.32 Å². The highest BCUT2D eigenvalue weighted by Crippen LogP contribution is 2.22. The van der Waals surface area contributed by atoms with Crippen LogP contribution in [0.3, 0.4) is 0 Å². The molecule has 0 aromatic carbocycles. The Balaban J connectivity index is 2.12. The van der Waals surface area contributed by atoms with E-state index < -0.39 is 0 Å². The molecule has 0 spiro atoms. The first-order chi connectivity index (χ1) is 7.25. The average Bonchev–Trinajstić information content (AvgIpc) is 2.57. The second-order valence-corrected chi connectivity index (χ2v) is 4.24. The molecule has 0 unspecified atom stereocenters. The molecule has 3 rings (SSSR count). The SMILES string of the molecule is CN1CCc2nn3c(c2C1)C(=O)NCC3. The van der Waals surface area contributed by atoms with Crippen molar-refractivity contribution in [3.63, 3.8) is 0 Å². The summed E-state index contributed by atoms with van der Waals surface area (Å²) in [4.78, 5) is 14.0. The number of nitrogens with zero attached hydrogens (tertiary/aromatic N) is 3. The summed E-state index contributed by atoms with van der Waals surface area (Å²) in [6, 6.07) is 0. The minimum atomic E-state index is 0.0327. The highest BCUT2D eigenvalue weighted by Gasteiger charge is 2.28. The monoisotopic (exact) mass is 206 g/mol. The molecule has 5 nitrogen and oxygen atoms in total. The van der Waals surface area contributed by atoms with Gasteiger partial charge in [-0.15, -0.1) is 0 Å². The van der Waals surface area contributed by atoms with Crippen molar-refractivity contribution in [3.8, 4) is 0 Å². The minimum Gasteiger partial charge on any atom is -0.349 e. The molecule has 2 aliphatic heterocycles. The zero-order valence-electron chi connectivity index (χ0n) is 8.79. The van der Waals surface area contributed by atoms with E-state index in [1.807, 2.05) is 4.68 Å². The summed E-state index contributed by atoms with van der Waals surface area (Å²) in [5.74, 6) is 0.0327. The zero-order chi connectivity index (χ0) is 10.4. The first kappa shape index (κ1) is 8.91. The fourth-order valence-corrected chi connectivity index (χ4v) is 2.34. The molecular weight excluding hydrogens is 192 g/mol. The van der Waals surface area contributed by atoms with Crippen LogP contribution in [0, 0.1) is 0 Å². The van der Waals surface area contributed by atoms with Crippen molar-refractivity contribution >= 4 is 5.91 Å². The van der Waals surface area contributed by atoms with Gasteiger partial charge in [-0.05, 0) is 7.05 Å². The predicted molar refractivity (Wildman–Crippen MR) is 54.6 cm³/mol.